The average molecular weight is 434 g/mol. The fourth-order valence-electron chi connectivity index (χ4n) is 3.30. The van der Waals surface area contributed by atoms with E-state index in [-0.39, 0.29) is 21.4 Å². The Labute approximate surface area is 175 Å². The third-order valence-electron chi connectivity index (χ3n) is 4.87. The van der Waals surface area contributed by atoms with Gasteiger partial charge in [-0.2, -0.15) is 4.31 Å². The third-order valence-corrected chi connectivity index (χ3v) is 7.40. The van der Waals surface area contributed by atoms with Crippen molar-refractivity contribution in [2.24, 2.45) is 0 Å². The van der Waals surface area contributed by atoms with E-state index in [0.717, 1.165) is 16.5 Å². The van der Waals surface area contributed by atoms with Gasteiger partial charge in [-0.3, -0.25) is 4.79 Å². The van der Waals surface area contributed by atoms with E-state index in [9.17, 15) is 13.2 Å². The monoisotopic (exact) mass is 433 g/mol. The van der Waals surface area contributed by atoms with Crippen LogP contribution in [0.1, 0.15) is 29.8 Å². The number of sulfonamides is 1. The van der Waals surface area contributed by atoms with Crippen LogP contribution in [0.25, 0.3) is 10.9 Å². The molecular formula is C21H24ClN3O3S. The van der Waals surface area contributed by atoms with Crippen molar-refractivity contribution < 1.29 is 13.2 Å². The van der Waals surface area contributed by atoms with Crippen LogP contribution in [0.4, 0.5) is 0 Å². The third kappa shape index (κ3) is 4.47. The van der Waals surface area contributed by atoms with Gasteiger partial charge in [-0.25, -0.2) is 8.42 Å². The van der Waals surface area contributed by atoms with Crippen LogP contribution in [0.3, 0.4) is 0 Å². The highest BCUT2D eigenvalue weighted by Gasteiger charge is 2.25. The molecule has 6 nitrogen and oxygen atoms in total. The standard InChI is InChI=1S/C21H24ClN3O3S/c1-3-25(4-2)29(27,28)20-13-15(9-10-18(20)22)21(26)23-12-11-16-14-24-19-8-6-5-7-17(16)19/h5-10,13-14,24H,3-4,11-12H2,1-2H3,(H,23,26). The van der Waals surface area contributed by atoms with E-state index in [0.29, 0.717) is 26.1 Å². The van der Waals surface area contributed by atoms with Crippen molar-refractivity contribution >= 4 is 38.4 Å². The molecule has 2 aromatic carbocycles. The maximum Gasteiger partial charge on any atom is 0.251 e. The summed E-state index contributed by atoms with van der Waals surface area (Å²) in [6.07, 6.45) is 2.60. The highest BCUT2D eigenvalue weighted by molar-refractivity contribution is 7.89. The molecule has 3 aromatic rings. The first kappa shape index (κ1) is 21.4. The Morgan fingerprint density at radius 1 is 1.14 bits per heavy atom. The van der Waals surface area contributed by atoms with Crippen LogP contribution in [0.5, 0.6) is 0 Å². The number of carbonyl (C=O) groups is 1. The largest absolute Gasteiger partial charge is 0.361 e. The molecule has 1 aromatic heterocycles. The number of nitrogens with zero attached hydrogens (tertiary/aromatic N) is 1. The minimum absolute atomic E-state index is 0.0489. The Hall–Kier alpha value is -2.35. The summed E-state index contributed by atoms with van der Waals surface area (Å²) in [5, 5.41) is 4.08. The quantitative estimate of drug-likeness (QED) is 0.566. The summed E-state index contributed by atoms with van der Waals surface area (Å²) in [4.78, 5) is 15.7. The topological polar surface area (TPSA) is 82.3 Å². The number of hydrogen-bond acceptors (Lipinski definition) is 3. The zero-order valence-electron chi connectivity index (χ0n) is 16.4. The predicted octanol–water partition coefficient (Wildman–Crippen LogP) is 3.82. The van der Waals surface area contributed by atoms with Gasteiger partial charge in [-0.1, -0.05) is 43.6 Å². The second kappa shape index (κ2) is 8.98. The molecule has 0 aliphatic heterocycles. The number of para-hydroxylation sites is 1. The number of fused-ring (bicyclic) bond motifs is 1. The highest BCUT2D eigenvalue weighted by atomic mass is 35.5. The van der Waals surface area contributed by atoms with E-state index in [1.165, 1.54) is 22.5 Å². The molecule has 3 rings (SSSR count). The first-order valence-corrected chi connectivity index (χ1v) is 11.3. The highest BCUT2D eigenvalue weighted by Crippen LogP contribution is 2.26. The van der Waals surface area contributed by atoms with Gasteiger partial charge in [-0.15, -0.1) is 0 Å². The van der Waals surface area contributed by atoms with Gasteiger partial charge in [0.25, 0.3) is 5.91 Å². The number of halogens is 1. The van der Waals surface area contributed by atoms with Crippen molar-refractivity contribution in [2.45, 2.75) is 25.2 Å². The maximum atomic E-state index is 12.8. The van der Waals surface area contributed by atoms with E-state index in [1.54, 1.807) is 13.8 Å². The second-order valence-corrected chi connectivity index (χ2v) is 8.91. The number of hydrogen-bond donors (Lipinski definition) is 2. The number of amides is 1. The van der Waals surface area contributed by atoms with Gasteiger partial charge in [0.2, 0.25) is 10.0 Å². The number of rotatable bonds is 8. The van der Waals surface area contributed by atoms with Crippen LogP contribution < -0.4 is 5.32 Å². The maximum absolute atomic E-state index is 12.8. The molecule has 8 heteroatoms. The summed E-state index contributed by atoms with van der Waals surface area (Å²) in [6.45, 7) is 4.61. The molecule has 154 valence electrons. The lowest BCUT2D eigenvalue weighted by atomic mass is 10.1. The predicted molar refractivity (Wildman–Crippen MR) is 116 cm³/mol. The molecule has 0 saturated carbocycles. The molecular weight excluding hydrogens is 410 g/mol. The summed E-state index contributed by atoms with van der Waals surface area (Å²) in [6, 6.07) is 12.3. The first-order valence-electron chi connectivity index (χ1n) is 9.51. The van der Waals surface area contributed by atoms with Crippen LogP contribution in [-0.4, -0.2) is 43.2 Å². The average Bonchev–Trinajstić information content (AvgIpc) is 3.12. The molecule has 29 heavy (non-hydrogen) atoms. The number of benzene rings is 2. The van der Waals surface area contributed by atoms with Gasteiger partial charge in [0.05, 0.1) is 5.02 Å². The fourth-order valence-corrected chi connectivity index (χ4v) is 5.25. The van der Waals surface area contributed by atoms with Crippen LogP contribution in [0.15, 0.2) is 53.6 Å². The number of aromatic nitrogens is 1. The van der Waals surface area contributed by atoms with Gasteiger partial charge in [0.15, 0.2) is 0 Å². The second-order valence-electron chi connectivity index (χ2n) is 6.60. The SMILES string of the molecule is CCN(CC)S(=O)(=O)c1cc(C(=O)NCCc2c[nH]c3ccccc23)ccc1Cl. The summed E-state index contributed by atoms with van der Waals surface area (Å²) in [7, 11) is -3.75. The summed E-state index contributed by atoms with van der Waals surface area (Å²) in [5.41, 5.74) is 2.43. The number of aromatic amines is 1. The first-order chi connectivity index (χ1) is 13.9. The van der Waals surface area contributed by atoms with Crippen molar-refractivity contribution in [1.29, 1.82) is 0 Å². The molecule has 2 N–H and O–H groups in total. The number of carbonyl (C=O) groups excluding carboxylic acids is 1. The molecule has 0 fully saturated rings. The van der Waals surface area contributed by atoms with E-state index in [2.05, 4.69) is 10.3 Å². The Morgan fingerprint density at radius 2 is 1.86 bits per heavy atom. The zero-order chi connectivity index (χ0) is 21.0. The van der Waals surface area contributed by atoms with Crippen molar-refractivity contribution in [3.63, 3.8) is 0 Å². The van der Waals surface area contributed by atoms with Crippen LogP contribution in [0, 0.1) is 0 Å². The lowest BCUT2D eigenvalue weighted by Crippen LogP contribution is -2.31. The van der Waals surface area contributed by atoms with E-state index >= 15 is 0 Å². The van der Waals surface area contributed by atoms with Crippen molar-refractivity contribution in [2.75, 3.05) is 19.6 Å². The van der Waals surface area contributed by atoms with Crippen molar-refractivity contribution in [3.05, 3.63) is 64.8 Å². The Bertz CT molecular complexity index is 1120. The van der Waals surface area contributed by atoms with Crippen LogP contribution >= 0.6 is 11.6 Å². The van der Waals surface area contributed by atoms with Gasteiger partial charge in [0.1, 0.15) is 4.90 Å². The molecule has 1 amide bonds. The fraction of sp³-hybridized carbons (Fsp3) is 0.286. The zero-order valence-corrected chi connectivity index (χ0v) is 18.0. The van der Waals surface area contributed by atoms with Crippen molar-refractivity contribution in [3.8, 4) is 0 Å². The number of H-pyrrole nitrogens is 1. The minimum Gasteiger partial charge on any atom is -0.361 e. The molecule has 0 saturated heterocycles. The Balaban J connectivity index is 1.73. The van der Waals surface area contributed by atoms with Crippen molar-refractivity contribution in [1.82, 2.24) is 14.6 Å². The van der Waals surface area contributed by atoms with Crippen LogP contribution in [0.2, 0.25) is 5.02 Å². The summed E-state index contributed by atoms with van der Waals surface area (Å²) < 4.78 is 26.9. The van der Waals surface area contributed by atoms with E-state index in [4.69, 9.17) is 11.6 Å². The molecule has 0 bridgehead atoms. The molecule has 0 aliphatic rings. The lowest BCUT2D eigenvalue weighted by Gasteiger charge is -2.19. The van der Waals surface area contributed by atoms with Gasteiger partial charge in [0, 0.05) is 42.3 Å². The van der Waals surface area contributed by atoms with Gasteiger partial charge >= 0.3 is 0 Å². The minimum atomic E-state index is -3.75. The van der Waals surface area contributed by atoms with Gasteiger partial charge < -0.3 is 10.3 Å². The van der Waals surface area contributed by atoms with E-state index < -0.39 is 10.0 Å². The summed E-state index contributed by atoms with van der Waals surface area (Å²) in [5.74, 6) is -0.336. The number of nitrogens with one attached hydrogen (secondary N) is 2. The molecule has 0 aliphatic carbocycles. The summed E-state index contributed by atoms with van der Waals surface area (Å²) >= 11 is 6.13. The Kier molecular flexibility index (Phi) is 6.62. The smallest absolute Gasteiger partial charge is 0.251 e. The molecule has 0 radical (unpaired) electrons. The lowest BCUT2D eigenvalue weighted by molar-refractivity contribution is 0.0954. The van der Waals surface area contributed by atoms with E-state index in [1.807, 2.05) is 30.5 Å². The normalized spacial score (nSPS) is 11.9. The molecule has 1 heterocycles. The van der Waals surface area contributed by atoms with Crippen LogP contribution in [-0.2, 0) is 16.4 Å². The van der Waals surface area contributed by atoms with Gasteiger partial charge in [-0.05, 0) is 36.2 Å². The molecule has 0 unspecified atom stereocenters. The molecule has 0 spiro atoms. The Morgan fingerprint density at radius 3 is 2.59 bits per heavy atom. The molecule has 0 atom stereocenters.